The number of aliphatic carboxylic acids is 1. The summed E-state index contributed by atoms with van der Waals surface area (Å²) in [6.45, 7) is 3.98. The second-order valence-corrected chi connectivity index (χ2v) is 6.34. The van der Waals surface area contributed by atoms with Crippen molar-refractivity contribution in [1.82, 2.24) is 4.31 Å². The number of hydrogen-bond donors (Lipinski definition) is 1. The van der Waals surface area contributed by atoms with Gasteiger partial charge in [0.1, 0.15) is 12.4 Å². The molecule has 0 unspecified atom stereocenters. The predicted molar refractivity (Wildman–Crippen MR) is 67.8 cm³/mol. The van der Waals surface area contributed by atoms with Crippen LogP contribution in [0.2, 0.25) is 0 Å². The molecule has 1 rings (SSSR count). The quantitative estimate of drug-likeness (QED) is 0.893. The van der Waals surface area contributed by atoms with E-state index in [2.05, 4.69) is 0 Å². The molecule has 106 valence electrons. The zero-order valence-electron chi connectivity index (χ0n) is 10.9. The fourth-order valence-corrected chi connectivity index (χ4v) is 3.26. The van der Waals surface area contributed by atoms with Crippen molar-refractivity contribution in [1.29, 1.82) is 0 Å². The van der Waals surface area contributed by atoms with Crippen molar-refractivity contribution in [2.24, 2.45) is 0 Å². The molecule has 0 aliphatic carbocycles. The molecular formula is C12H16FNO4S. The molecule has 1 aromatic rings. The molecule has 0 aliphatic heterocycles. The van der Waals surface area contributed by atoms with E-state index in [4.69, 9.17) is 5.11 Å². The first-order valence-corrected chi connectivity index (χ1v) is 7.10. The summed E-state index contributed by atoms with van der Waals surface area (Å²) in [5.74, 6) is -1.75. The molecule has 19 heavy (non-hydrogen) atoms. The molecule has 0 saturated heterocycles. The maximum absolute atomic E-state index is 13.2. The van der Waals surface area contributed by atoms with Gasteiger partial charge in [-0.1, -0.05) is 0 Å². The lowest BCUT2D eigenvalue weighted by atomic mass is 10.2. The van der Waals surface area contributed by atoms with E-state index in [0.29, 0.717) is 0 Å². The van der Waals surface area contributed by atoms with Crippen molar-refractivity contribution in [2.75, 3.05) is 6.54 Å². The number of hydrogen-bond acceptors (Lipinski definition) is 3. The molecule has 0 heterocycles. The van der Waals surface area contributed by atoms with E-state index in [1.807, 2.05) is 0 Å². The minimum Gasteiger partial charge on any atom is -0.480 e. The third-order valence-corrected chi connectivity index (χ3v) is 4.62. The third-order valence-electron chi connectivity index (χ3n) is 2.60. The molecule has 0 aromatic heterocycles. The number of carboxylic acids is 1. The van der Waals surface area contributed by atoms with E-state index in [9.17, 15) is 17.6 Å². The van der Waals surface area contributed by atoms with Gasteiger partial charge in [-0.25, -0.2) is 12.8 Å². The van der Waals surface area contributed by atoms with Crippen molar-refractivity contribution in [2.45, 2.75) is 31.7 Å². The van der Waals surface area contributed by atoms with Gasteiger partial charge >= 0.3 is 5.97 Å². The average molecular weight is 289 g/mol. The van der Waals surface area contributed by atoms with E-state index >= 15 is 0 Å². The van der Waals surface area contributed by atoms with E-state index < -0.39 is 34.4 Å². The van der Waals surface area contributed by atoms with Crippen LogP contribution in [0, 0.1) is 12.7 Å². The summed E-state index contributed by atoms with van der Waals surface area (Å²) >= 11 is 0. The summed E-state index contributed by atoms with van der Waals surface area (Å²) in [4.78, 5) is 10.6. The maximum atomic E-state index is 13.2. The molecular weight excluding hydrogens is 273 g/mol. The fraction of sp³-hybridized carbons (Fsp3) is 0.417. The van der Waals surface area contributed by atoms with Crippen molar-refractivity contribution in [3.63, 3.8) is 0 Å². The van der Waals surface area contributed by atoms with Gasteiger partial charge in [-0.2, -0.15) is 4.31 Å². The molecule has 0 radical (unpaired) electrons. The minimum atomic E-state index is -3.95. The van der Waals surface area contributed by atoms with Crippen LogP contribution in [0.5, 0.6) is 0 Å². The number of aryl methyl sites for hydroxylation is 1. The van der Waals surface area contributed by atoms with Gasteiger partial charge in [0, 0.05) is 6.04 Å². The number of nitrogens with zero attached hydrogens (tertiary/aromatic N) is 1. The van der Waals surface area contributed by atoms with E-state index in [1.54, 1.807) is 13.8 Å². The monoisotopic (exact) mass is 289 g/mol. The lowest BCUT2D eigenvalue weighted by Gasteiger charge is -2.24. The molecule has 0 bridgehead atoms. The van der Waals surface area contributed by atoms with E-state index in [0.717, 1.165) is 16.4 Å². The smallest absolute Gasteiger partial charge is 0.318 e. The van der Waals surface area contributed by atoms with Crippen LogP contribution in [0.4, 0.5) is 4.39 Å². The summed E-state index contributed by atoms with van der Waals surface area (Å²) in [5.41, 5.74) is 0.195. The van der Waals surface area contributed by atoms with Crippen LogP contribution in [0.15, 0.2) is 23.1 Å². The van der Waals surface area contributed by atoms with Crippen LogP contribution in [0.25, 0.3) is 0 Å². The highest BCUT2D eigenvalue weighted by Gasteiger charge is 2.29. The molecule has 0 saturated carbocycles. The Hall–Kier alpha value is -1.47. The Morgan fingerprint density at radius 1 is 1.42 bits per heavy atom. The van der Waals surface area contributed by atoms with Crippen LogP contribution in [0.3, 0.4) is 0 Å². The summed E-state index contributed by atoms with van der Waals surface area (Å²) in [6.07, 6.45) is 0. The van der Waals surface area contributed by atoms with Crippen LogP contribution in [0.1, 0.15) is 19.4 Å². The summed E-state index contributed by atoms with van der Waals surface area (Å²) in [6, 6.07) is 2.88. The first kappa shape index (κ1) is 15.6. The van der Waals surface area contributed by atoms with Gasteiger partial charge in [0.05, 0.1) is 4.90 Å². The number of carboxylic acid groups (broad SMARTS) is 1. The Balaban J connectivity index is 3.26. The zero-order valence-corrected chi connectivity index (χ0v) is 11.7. The van der Waals surface area contributed by atoms with Crippen molar-refractivity contribution in [3.8, 4) is 0 Å². The van der Waals surface area contributed by atoms with Gasteiger partial charge in [0.25, 0.3) is 0 Å². The van der Waals surface area contributed by atoms with Crippen LogP contribution < -0.4 is 0 Å². The number of rotatable bonds is 5. The highest BCUT2D eigenvalue weighted by Crippen LogP contribution is 2.20. The van der Waals surface area contributed by atoms with Crippen LogP contribution >= 0.6 is 0 Å². The molecule has 0 fully saturated rings. The number of halogens is 1. The highest BCUT2D eigenvalue weighted by atomic mass is 32.2. The summed E-state index contributed by atoms with van der Waals surface area (Å²) in [5, 5.41) is 8.78. The average Bonchev–Trinajstić information content (AvgIpc) is 2.28. The Bertz CT molecular complexity index is 583. The maximum Gasteiger partial charge on any atom is 0.318 e. The first-order chi connectivity index (χ1) is 8.66. The highest BCUT2D eigenvalue weighted by molar-refractivity contribution is 7.89. The molecule has 1 N–H and O–H groups in total. The summed E-state index contributed by atoms with van der Waals surface area (Å²) < 4.78 is 38.6. The van der Waals surface area contributed by atoms with Gasteiger partial charge in [-0.05, 0) is 44.5 Å². The standard InChI is InChI=1S/C12H16FNO4S/c1-8(2)14(7-12(15)16)19(17,18)10-4-5-11(13)9(3)6-10/h4-6,8H,7H2,1-3H3,(H,15,16). The van der Waals surface area contributed by atoms with Crippen molar-refractivity contribution >= 4 is 16.0 Å². The molecule has 0 spiro atoms. The number of sulfonamides is 1. The molecule has 7 heteroatoms. The topological polar surface area (TPSA) is 74.7 Å². The first-order valence-electron chi connectivity index (χ1n) is 5.66. The molecule has 0 amide bonds. The van der Waals surface area contributed by atoms with Gasteiger partial charge in [-0.15, -0.1) is 0 Å². The second-order valence-electron chi connectivity index (χ2n) is 4.45. The largest absolute Gasteiger partial charge is 0.480 e. The lowest BCUT2D eigenvalue weighted by molar-refractivity contribution is -0.137. The van der Waals surface area contributed by atoms with Gasteiger partial charge in [-0.3, -0.25) is 4.79 Å². The van der Waals surface area contributed by atoms with Crippen LogP contribution in [-0.4, -0.2) is 36.4 Å². The SMILES string of the molecule is Cc1cc(S(=O)(=O)N(CC(=O)O)C(C)C)ccc1F. The Kier molecular flexibility index (Phi) is 4.65. The molecule has 5 nitrogen and oxygen atoms in total. The Morgan fingerprint density at radius 3 is 2.42 bits per heavy atom. The second kappa shape index (κ2) is 5.66. The number of benzene rings is 1. The lowest BCUT2D eigenvalue weighted by Crippen LogP contribution is -2.40. The predicted octanol–water partition coefficient (Wildman–Crippen LogP) is 1.62. The molecule has 0 atom stereocenters. The Morgan fingerprint density at radius 2 is 2.00 bits per heavy atom. The fourth-order valence-electron chi connectivity index (χ4n) is 1.59. The van der Waals surface area contributed by atoms with Gasteiger partial charge in [0.2, 0.25) is 10.0 Å². The van der Waals surface area contributed by atoms with E-state index in [1.165, 1.54) is 13.0 Å². The van der Waals surface area contributed by atoms with Crippen molar-refractivity contribution in [3.05, 3.63) is 29.6 Å². The van der Waals surface area contributed by atoms with Crippen molar-refractivity contribution < 1.29 is 22.7 Å². The summed E-state index contributed by atoms with van der Waals surface area (Å²) in [7, 11) is -3.95. The van der Waals surface area contributed by atoms with Gasteiger partial charge in [0.15, 0.2) is 0 Å². The molecule has 1 aromatic carbocycles. The normalized spacial score (nSPS) is 12.1. The van der Waals surface area contributed by atoms with E-state index in [-0.39, 0.29) is 10.5 Å². The third kappa shape index (κ3) is 3.51. The van der Waals surface area contributed by atoms with Crippen LogP contribution in [-0.2, 0) is 14.8 Å². The zero-order chi connectivity index (χ0) is 14.8. The minimum absolute atomic E-state index is 0.110. The number of carbonyl (C=O) groups is 1. The van der Waals surface area contributed by atoms with Gasteiger partial charge < -0.3 is 5.11 Å². The molecule has 0 aliphatic rings. The Labute approximate surface area is 111 Å².